The lowest BCUT2D eigenvalue weighted by molar-refractivity contribution is -0.116. The number of nitrogens with one attached hydrogen (secondary N) is 1. The third-order valence-corrected chi connectivity index (χ3v) is 4.96. The van der Waals surface area contributed by atoms with Crippen molar-refractivity contribution in [1.29, 1.82) is 0 Å². The summed E-state index contributed by atoms with van der Waals surface area (Å²) in [5, 5.41) is 3.47. The Balaban J connectivity index is 1.92. The van der Waals surface area contributed by atoms with Gasteiger partial charge in [-0.15, -0.1) is 0 Å². The molecule has 1 aromatic carbocycles. The summed E-state index contributed by atoms with van der Waals surface area (Å²) in [6.07, 6.45) is 0.353. The number of ketones is 2. The molecular weight excluding hydrogens is 352 g/mol. The highest BCUT2D eigenvalue weighted by Crippen LogP contribution is 2.26. The van der Waals surface area contributed by atoms with Crippen LogP contribution in [0.25, 0.3) is 0 Å². The summed E-state index contributed by atoms with van der Waals surface area (Å²) in [6.45, 7) is 5.76. The van der Waals surface area contributed by atoms with E-state index in [0.29, 0.717) is 46.8 Å². The molecule has 138 valence electrons. The monoisotopic (exact) mass is 374 g/mol. The third-order valence-electron chi connectivity index (χ3n) is 4.71. The lowest BCUT2D eigenvalue weighted by atomic mass is 9.84. The van der Waals surface area contributed by atoms with Crippen LogP contribution in [0.3, 0.4) is 0 Å². The molecule has 0 aliphatic heterocycles. The van der Waals surface area contributed by atoms with Crippen LogP contribution in [-0.2, 0) is 16.1 Å². The molecule has 6 heteroatoms. The highest BCUT2D eigenvalue weighted by atomic mass is 35.5. The molecule has 1 aromatic rings. The average molecular weight is 375 g/mol. The molecule has 0 spiro atoms. The molecule has 0 fully saturated rings. The minimum atomic E-state index is -0.240. The predicted molar refractivity (Wildman–Crippen MR) is 102 cm³/mol. The number of hydrogen-bond acceptors (Lipinski definition) is 3. The van der Waals surface area contributed by atoms with Gasteiger partial charge in [0.25, 0.3) is 0 Å². The Labute approximate surface area is 158 Å². The largest absolute Gasteiger partial charge is 0.334 e. The van der Waals surface area contributed by atoms with Gasteiger partial charge < -0.3 is 10.2 Å². The topological polar surface area (TPSA) is 66.5 Å². The number of rotatable bonds is 5. The van der Waals surface area contributed by atoms with Crippen molar-refractivity contribution in [2.45, 2.75) is 33.7 Å². The van der Waals surface area contributed by atoms with Gasteiger partial charge in [-0.3, -0.25) is 9.59 Å². The number of carbonyl (C=O) groups excluding carboxylic acids is 3. The first-order valence-corrected chi connectivity index (χ1v) is 8.80. The number of Topliss-reactive ketones (excluding diaryl/α,β-unsaturated/α-hetero) is 2. The molecule has 0 radical (unpaired) electrons. The van der Waals surface area contributed by atoms with Crippen molar-refractivity contribution in [1.82, 2.24) is 10.2 Å². The zero-order valence-corrected chi connectivity index (χ0v) is 16.2. The summed E-state index contributed by atoms with van der Waals surface area (Å²) in [5.74, 6) is -0.193. The van der Waals surface area contributed by atoms with E-state index in [4.69, 9.17) is 11.6 Å². The van der Waals surface area contributed by atoms with Crippen LogP contribution in [0.4, 0.5) is 4.79 Å². The average Bonchev–Trinajstić information content (AvgIpc) is 2.63. The van der Waals surface area contributed by atoms with Crippen molar-refractivity contribution in [3.05, 3.63) is 57.1 Å². The molecule has 2 amide bonds. The van der Waals surface area contributed by atoms with Crippen LogP contribution in [0, 0.1) is 0 Å². The molecule has 5 nitrogen and oxygen atoms in total. The second-order valence-electron chi connectivity index (χ2n) is 6.47. The van der Waals surface area contributed by atoms with Crippen LogP contribution >= 0.6 is 11.6 Å². The van der Waals surface area contributed by atoms with E-state index in [1.54, 1.807) is 40.0 Å². The lowest BCUT2D eigenvalue weighted by Crippen LogP contribution is -2.38. The van der Waals surface area contributed by atoms with Gasteiger partial charge in [0.1, 0.15) is 0 Å². The number of allylic oxidation sites excluding steroid dienone is 3. The van der Waals surface area contributed by atoms with Crippen LogP contribution in [0.15, 0.2) is 46.6 Å². The smallest absolute Gasteiger partial charge is 0.317 e. The van der Waals surface area contributed by atoms with Crippen molar-refractivity contribution in [3.63, 3.8) is 0 Å². The van der Waals surface area contributed by atoms with Crippen LogP contribution < -0.4 is 5.32 Å². The van der Waals surface area contributed by atoms with E-state index < -0.39 is 0 Å². The van der Waals surface area contributed by atoms with Crippen LogP contribution in [-0.4, -0.2) is 36.1 Å². The molecule has 1 aliphatic carbocycles. The quantitative estimate of drug-likeness (QED) is 0.799. The van der Waals surface area contributed by atoms with Crippen LogP contribution in [0.5, 0.6) is 0 Å². The summed E-state index contributed by atoms with van der Waals surface area (Å²) >= 11 is 5.84. The Bertz CT molecular complexity index is 807. The minimum Gasteiger partial charge on any atom is -0.334 e. The number of urea groups is 1. The maximum Gasteiger partial charge on any atom is 0.317 e. The Hall–Kier alpha value is -2.40. The van der Waals surface area contributed by atoms with E-state index in [2.05, 4.69) is 5.32 Å². The summed E-state index contributed by atoms with van der Waals surface area (Å²) in [5.41, 5.74) is 2.92. The van der Waals surface area contributed by atoms with Gasteiger partial charge >= 0.3 is 6.03 Å². The van der Waals surface area contributed by atoms with Gasteiger partial charge in [0.15, 0.2) is 11.6 Å². The van der Waals surface area contributed by atoms with E-state index in [0.717, 1.165) is 5.56 Å². The maximum atomic E-state index is 12.4. The van der Waals surface area contributed by atoms with Crippen molar-refractivity contribution < 1.29 is 14.4 Å². The SMILES string of the molecule is CC1=C(C)C(=O)C(CCN(C)C(=O)NCc2ccc(Cl)cc2)=C(C)C1=O. The molecule has 0 bridgehead atoms. The number of benzene rings is 1. The molecule has 1 aliphatic rings. The minimum absolute atomic E-state index is 0.0908. The zero-order chi connectivity index (χ0) is 19.4. The fourth-order valence-corrected chi connectivity index (χ4v) is 2.88. The fraction of sp³-hybridized carbons (Fsp3) is 0.350. The molecule has 2 rings (SSSR count). The number of halogens is 1. The first kappa shape index (κ1) is 19.9. The van der Waals surface area contributed by atoms with Crippen molar-refractivity contribution in [2.24, 2.45) is 0 Å². The van der Waals surface area contributed by atoms with E-state index >= 15 is 0 Å². The molecular formula is C20H23ClN2O3. The summed E-state index contributed by atoms with van der Waals surface area (Å²) in [6, 6.07) is 6.99. The number of amides is 2. The Morgan fingerprint density at radius 1 is 1.00 bits per heavy atom. The standard InChI is InChI=1S/C20H23ClN2O3/c1-12-13(2)19(25)17(14(3)18(12)24)9-10-23(4)20(26)22-11-15-5-7-16(21)8-6-15/h5-8H,9-11H2,1-4H3,(H,22,26). The van der Waals surface area contributed by atoms with Gasteiger partial charge in [-0.1, -0.05) is 23.7 Å². The molecule has 0 saturated heterocycles. The van der Waals surface area contributed by atoms with Gasteiger partial charge in [-0.25, -0.2) is 4.79 Å². The second kappa shape index (κ2) is 8.32. The van der Waals surface area contributed by atoms with E-state index in [1.165, 1.54) is 4.90 Å². The van der Waals surface area contributed by atoms with E-state index in [9.17, 15) is 14.4 Å². The van der Waals surface area contributed by atoms with Gasteiger partial charge in [-0.2, -0.15) is 0 Å². The zero-order valence-electron chi connectivity index (χ0n) is 15.5. The van der Waals surface area contributed by atoms with Crippen LogP contribution in [0.1, 0.15) is 32.8 Å². The Morgan fingerprint density at radius 3 is 2.19 bits per heavy atom. The first-order valence-electron chi connectivity index (χ1n) is 8.42. The molecule has 0 atom stereocenters. The number of carbonyl (C=O) groups is 3. The molecule has 0 unspecified atom stereocenters. The summed E-state index contributed by atoms with van der Waals surface area (Å²) < 4.78 is 0. The highest BCUT2D eigenvalue weighted by Gasteiger charge is 2.27. The van der Waals surface area contributed by atoms with Gasteiger partial charge in [0.2, 0.25) is 0 Å². The Kier molecular flexibility index (Phi) is 6.37. The van der Waals surface area contributed by atoms with Crippen molar-refractivity contribution in [2.75, 3.05) is 13.6 Å². The molecule has 0 saturated carbocycles. The van der Waals surface area contributed by atoms with Gasteiger partial charge in [0, 0.05) is 47.5 Å². The predicted octanol–water partition coefficient (Wildman–Crippen LogP) is 3.68. The van der Waals surface area contributed by atoms with Crippen molar-refractivity contribution >= 4 is 29.2 Å². The highest BCUT2D eigenvalue weighted by molar-refractivity contribution is 6.30. The van der Waals surface area contributed by atoms with E-state index in [-0.39, 0.29) is 17.6 Å². The lowest BCUT2D eigenvalue weighted by Gasteiger charge is -2.22. The van der Waals surface area contributed by atoms with E-state index in [1.807, 2.05) is 12.1 Å². The number of nitrogens with zero attached hydrogens (tertiary/aromatic N) is 1. The van der Waals surface area contributed by atoms with Gasteiger partial charge in [-0.05, 0) is 44.9 Å². The summed E-state index contributed by atoms with van der Waals surface area (Å²) in [4.78, 5) is 38.3. The maximum absolute atomic E-state index is 12.4. The van der Waals surface area contributed by atoms with Crippen molar-refractivity contribution in [3.8, 4) is 0 Å². The molecule has 0 aromatic heterocycles. The first-order chi connectivity index (χ1) is 12.2. The molecule has 26 heavy (non-hydrogen) atoms. The summed E-state index contributed by atoms with van der Waals surface area (Å²) in [7, 11) is 1.66. The normalized spacial score (nSPS) is 14.8. The number of hydrogen-bond donors (Lipinski definition) is 1. The Morgan fingerprint density at radius 2 is 1.58 bits per heavy atom. The second-order valence-corrected chi connectivity index (χ2v) is 6.90. The fourth-order valence-electron chi connectivity index (χ4n) is 2.75. The van der Waals surface area contributed by atoms with Gasteiger partial charge in [0.05, 0.1) is 0 Å². The molecule has 1 N–H and O–H groups in total. The van der Waals surface area contributed by atoms with Crippen LogP contribution in [0.2, 0.25) is 5.02 Å². The third kappa shape index (κ3) is 4.41. The molecule has 0 heterocycles.